The molecule has 2 nitrogen and oxygen atoms in total. The molecule has 0 bridgehead atoms. The van der Waals surface area contributed by atoms with Crippen molar-refractivity contribution in [3.63, 3.8) is 0 Å². The lowest BCUT2D eigenvalue weighted by Gasteiger charge is -2.19. The molecular weight excluding hydrogens is 200 g/mol. The molecule has 0 aliphatic carbocycles. The summed E-state index contributed by atoms with van der Waals surface area (Å²) in [5, 5.41) is -8.75. The maximum Gasteiger partial charge on any atom is 0.351 e. The Bertz CT molecular complexity index is 251. The number of hydrogen-bond donors (Lipinski definition) is 0. The summed E-state index contributed by atoms with van der Waals surface area (Å²) < 4.78 is 69.8. The number of rotatable bonds is 3. The predicted octanol–water partition coefficient (Wildman–Crippen LogP) is 2.02. The van der Waals surface area contributed by atoms with Gasteiger partial charge in [0.25, 0.3) is 9.84 Å². The minimum atomic E-state index is -5.69. The number of halogens is 4. The fourth-order valence-electron chi connectivity index (χ4n) is 0.452. The van der Waals surface area contributed by atoms with E-state index in [0.29, 0.717) is 0 Å². The minimum Gasteiger partial charge on any atom is -0.216 e. The summed E-state index contributed by atoms with van der Waals surface area (Å²) in [6, 6.07) is 0. The Balaban J connectivity index is 5.16. The first-order valence-electron chi connectivity index (χ1n) is 3.06. The third-order valence-electron chi connectivity index (χ3n) is 1.28. The van der Waals surface area contributed by atoms with Crippen LogP contribution < -0.4 is 0 Å². The van der Waals surface area contributed by atoms with Crippen molar-refractivity contribution in [2.75, 3.05) is 0 Å². The maximum atomic E-state index is 12.4. The molecule has 0 saturated carbocycles. The monoisotopic (exact) mass is 208 g/mol. The van der Waals surface area contributed by atoms with Crippen LogP contribution in [0, 0.1) is 0 Å². The highest BCUT2D eigenvalue weighted by molar-refractivity contribution is 7.93. The van der Waals surface area contributed by atoms with E-state index in [-0.39, 0.29) is 6.92 Å². The SMILES string of the molecule is CCC(F)(F)S(=O)(=O)C(C)(F)F. The van der Waals surface area contributed by atoms with Gasteiger partial charge >= 0.3 is 10.5 Å². The molecule has 0 atom stereocenters. The van der Waals surface area contributed by atoms with Crippen molar-refractivity contribution in [1.82, 2.24) is 0 Å². The van der Waals surface area contributed by atoms with Crippen LogP contribution in [0.1, 0.15) is 20.3 Å². The Morgan fingerprint density at radius 1 is 1.17 bits per heavy atom. The standard InChI is InChI=1S/C5H8F4O2S/c1-3-5(8,9)12(10,11)4(2,6)7/h3H2,1-2H3. The fraction of sp³-hybridized carbons (Fsp3) is 1.00. The molecule has 0 amide bonds. The van der Waals surface area contributed by atoms with Crippen LogP contribution in [0.4, 0.5) is 17.6 Å². The summed E-state index contributed by atoms with van der Waals surface area (Å²) in [6.45, 7) is 0.759. The summed E-state index contributed by atoms with van der Waals surface area (Å²) in [5.74, 6) is 0. The largest absolute Gasteiger partial charge is 0.351 e. The van der Waals surface area contributed by atoms with Crippen molar-refractivity contribution < 1.29 is 26.0 Å². The Labute approximate surface area is 67.5 Å². The van der Waals surface area contributed by atoms with Crippen molar-refractivity contribution in [1.29, 1.82) is 0 Å². The van der Waals surface area contributed by atoms with Crippen molar-refractivity contribution in [2.45, 2.75) is 30.8 Å². The van der Waals surface area contributed by atoms with Crippen molar-refractivity contribution >= 4 is 9.84 Å². The molecule has 0 radical (unpaired) electrons. The molecule has 0 unspecified atom stereocenters. The average molecular weight is 208 g/mol. The Hall–Kier alpha value is -0.330. The van der Waals surface area contributed by atoms with E-state index in [2.05, 4.69) is 0 Å². The van der Waals surface area contributed by atoms with E-state index in [4.69, 9.17) is 0 Å². The molecule has 12 heavy (non-hydrogen) atoms. The third-order valence-corrected chi connectivity index (χ3v) is 3.30. The zero-order chi connectivity index (χ0) is 10.2. The van der Waals surface area contributed by atoms with E-state index in [1.165, 1.54) is 0 Å². The quantitative estimate of drug-likeness (QED) is 0.665. The minimum absolute atomic E-state index is 0.0636. The van der Waals surface area contributed by atoms with Gasteiger partial charge in [0.05, 0.1) is 0 Å². The molecule has 0 heterocycles. The lowest BCUT2D eigenvalue weighted by atomic mass is 10.5. The molecule has 0 aromatic rings. The molecule has 0 rings (SSSR count). The molecule has 74 valence electrons. The van der Waals surface area contributed by atoms with Crippen LogP contribution in [0.5, 0.6) is 0 Å². The predicted molar refractivity (Wildman–Crippen MR) is 34.8 cm³/mol. The van der Waals surface area contributed by atoms with Crippen LogP contribution in [0.2, 0.25) is 0 Å². The Morgan fingerprint density at radius 3 is 1.58 bits per heavy atom. The van der Waals surface area contributed by atoms with Gasteiger partial charge in [-0.15, -0.1) is 0 Å². The second-order valence-corrected chi connectivity index (χ2v) is 4.62. The summed E-state index contributed by atoms with van der Waals surface area (Å²) in [5.41, 5.74) is 0. The topological polar surface area (TPSA) is 34.1 Å². The molecule has 0 fully saturated rings. The summed E-state index contributed by atoms with van der Waals surface area (Å²) >= 11 is 0. The normalized spacial score (nSPS) is 14.8. The van der Waals surface area contributed by atoms with E-state index in [9.17, 15) is 26.0 Å². The second-order valence-electron chi connectivity index (χ2n) is 2.30. The molecular formula is C5H8F4O2S. The van der Waals surface area contributed by atoms with Gasteiger partial charge in [-0.05, 0) is 0 Å². The van der Waals surface area contributed by atoms with E-state index in [1.807, 2.05) is 0 Å². The Morgan fingerprint density at radius 2 is 1.50 bits per heavy atom. The van der Waals surface area contributed by atoms with Crippen molar-refractivity contribution in [3.05, 3.63) is 0 Å². The highest BCUT2D eigenvalue weighted by atomic mass is 32.2. The summed E-state index contributed by atoms with van der Waals surface area (Å²) in [6.07, 6.45) is -1.15. The molecule has 0 aliphatic heterocycles. The van der Waals surface area contributed by atoms with E-state index >= 15 is 0 Å². The van der Waals surface area contributed by atoms with Gasteiger partial charge in [-0.3, -0.25) is 0 Å². The number of alkyl halides is 4. The first-order chi connectivity index (χ1) is 5.06. The average Bonchev–Trinajstić information content (AvgIpc) is 1.85. The zero-order valence-corrected chi connectivity index (χ0v) is 7.26. The molecule has 0 aromatic heterocycles. The fourth-order valence-corrected chi connectivity index (χ4v) is 1.36. The van der Waals surface area contributed by atoms with E-state index in [0.717, 1.165) is 6.92 Å². The third kappa shape index (κ3) is 1.70. The van der Waals surface area contributed by atoms with Gasteiger partial charge in [0.1, 0.15) is 0 Å². The summed E-state index contributed by atoms with van der Waals surface area (Å²) in [7, 11) is -5.69. The summed E-state index contributed by atoms with van der Waals surface area (Å²) in [4.78, 5) is 0. The molecule has 0 aromatic carbocycles. The van der Waals surface area contributed by atoms with Gasteiger partial charge in [0.2, 0.25) is 0 Å². The highest BCUT2D eigenvalue weighted by Gasteiger charge is 2.56. The molecule has 0 saturated heterocycles. The number of sulfone groups is 1. The van der Waals surface area contributed by atoms with E-state index in [1.54, 1.807) is 0 Å². The molecule has 7 heteroatoms. The van der Waals surface area contributed by atoms with Crippen LogP contribution in [0.25, 0.3) is 0 Å². The van der Waals surface area contributed by atoms with Gasteiger partial charge in [0, 0.05) is 13.3 Å². The smallest absolute Gasteiger partial charge is 0.216 e. The molecule has 0 N–H and O–H groups in total. The maximum absolute atomic E-state index is 12.4. The Kier molecular flexibility index (Phi) is 2.78. The lowest BCUT2D eigenvalue weighted by Crippen LogP contribution is -2.39. The second kappa shape index (κ2) is 2.86. The van der Waals surface area contributed by atoms with Crippen LogP contribution >= 0.6 is 0 Å². The van der Waals surface area contributed by atoms with Gasteiger partial charge in [0.15, 0.2) is 0 Å². The van der Waals surface area contributed by atoms with Crippen LogP contribution in [0.15, 0.2) is 0 Å². The zero-order valence-electron chi connectivity index (χ0n) is 6.44. The van der Waals surface area contributed by atoms with Crippen LogP contribution in [-0.2, 0) is 9.84 Å². The lowest BCUT2D eigenvalue weighted by molar-refractivity contribution is 0.0518. The van der Waals surface area contributed by atoms with Gasteiger partial charge in [-0.25, -0.2) is 8.42 Å². The number of hydrogen-bond acceptors (Lipinski definition) is 2. The van der Waals surface area contributed by atoms with E-state index < -0.39 is 26.8 Å². The van der Waals surface area contributed by atoms with Crippen molar-refractivity contribution in [2.24, 2.45) is 0 Å². The van der Waals surface area contributed by atoms with Crippen LogP contribution in [-0.4, -0.2) is 18.9 Å². The molecule has 0 spiro atoms. The van der Waals surface area contributed by atoms with Gasteiger partial charge in [-0.1, -0.05) is 6.92 Å². The molecule has 0 aliphatic rings. The highest BCUT2D eigenvalue weighted by Crippen LogP contribution is 2.36. The first kappa shape index (κ1) is 11.7. The van der Waals surface area contributed by atoms with Gasteiger partial charge < -0.3 is 0 Å². The van der Waals surface area contributed by atoms with Crippen molar-refractivity contribution in [3.8, 4) is 0 Å². The van der Waals surface area contributed by atoms with Crippen LogP contribution in [0.3, 0.4) is 0 Å². The van der Waals surface area contributed by atoms with Gasteiger partial charge in [-0.2, -0.15) is 17.6 Å². The first-order valence-corrected chi connectivity index (χ1v) is 4.54.